The van der Waals surface area contributed by atoms with Crippen LogP contribution in [-0.2, 0) is 4.74 Å². The van der Waals surface area contributed by atoms with Crippen LogP contribution in [0.1, 0.15) is 39.3 Å². The number of ether oxygens (including phenoxy) is 1. The van der Waals surface area contributed by atoms with E-state index in [1.165, 1.54) is 0 Å². The lowest BCUT2D eigenvalue weighted by atomic mass is 9.92. The molecular formula is C16H24ClN5O2. The third-order valence-corrected chi connectivity index (χ3v) is 4.91. The topological polar surface area (TPSA) is 71.5 Å². The van der Waals surface area contributed by atoms with Gasteiger partial charge in [0, 0.05) is 19.6 Å². The number of aromatic nitrogens is 3. The fourth-order valence-corrected chi connectivity index (χ4v) is 3.46. The molecule has 0 bridgehead atoms. The van der Waals surface area contributed by atoms with Gasteiger partial charge < -0.3 is 14.5 Å². The molecular weight excluding hydrogens is 330 g/mol. The summed E-state index contributed by atoms with van der Waals surface area (Å²) in [7, 11) is 0. The molecule has 132 valence electrons. The van der Waals surface area contributed by atoms with E-state index in [0.717, 1.165) is 25.9 Å². The molecule has 3 rings (SSSR count). The van der Waals surface area contributed by atoms with E-state index < -0.39 is 5.60 Å². The molecule has 0 N–H and O–H groups in total. The van der Waals surface area contributed by atoms with Gasteiger partial charge >= 0.3 is 6.09 Å². The van der Waals surface area contributed by atoms with Crippen LogP contribution in [-0.4, -0.2) is 57.5 Å². The van der Waals surface area contributed by atoms with Gasteiger partial charge in [-0.2, -0.15) is 0 Å². The molecule has 7 nitrogen and oxygen atoms in total. The Morgan fingerprint density at radius 2 is 1.96 bits per heavy atom. The van der Waals surface area contributed by atoms with Gasteiger partial charge in [-0.05, 0) is 46.5 Å². The highest BCUT2D eigenvalue weighted by Crippen LogP contribution is 2.34. The fraction of sp³-hybridized carbons (Fsp3) is 0.750. The number of likely N-dealkylation sites (tertiary alicyclic amines) is 1. The number of amides is 1. The summed E-state index contributed by atoms with van der Waals surface area (Å²) in [5, 5.41) is 8.44. The number of piperidine rings is 1. The minimum Gasteiger partial charge on any atom is -0.444 e. The van der Waals surface area contributed by atoms with Gasteiger partial charge in [0.25, 0.3) is 0 Å². The number of fused-ring (bicyclic) bond motifs is 1. The zero-order valence-electron chi connectivity index (χ0n) is 14.6. The average molecular weight is 354 g/mol. The van der Waals surface area contributed by atoms with Crippen LogP contribution in [0.2, 0.25) is 5.15 Å². The van der Waals surface area contributed by atoms with Gasteiger partial charge in [-0.15, -0.1) is 10.2 Å². The number of carbonyl (C=O) groups is 1. The number of hydrogen-bond donors (Lipinski definition) is 0. The van der Waals surface area contributed by atoms with Crippen LogP contribution in [0.4, 0.5) is 10.7 Å². The molecule has 2 atom stereocenters. The van der Waals surface area contributed by atoms with Crippen molar-refractivity contribution in [2.24, 2.45) is 5.92 Å². The van der Waals surface area contributed by atoms with Crippen LogP contribution in [0.5, 0.6) is 0 Å². The van der Waals surface area contributed by atoms with Crippen LogP contribution in [0.25, 0.3) is 0 Å². The summed E-state index contributed by atoms with van der Waals surface area (Å²) >= 11 is 5.93. The minimum absolute atomic E-state index is 0.202. The molecule has 2 aliphatic rings. The molecule has 0 saturated carbocycles. The Balaban J connectivity index is 1.74. The number of anilines is 1. The van der Waals surface area contributed by atoms with E-state index in [1.54, 1.807) is 4.90 Å². The van der Waals surface area contributed by atoms with Crippen LogP contribution in [0, 0.1) is 12.8 Å². The first-order valence-electron chi connectivity index (χ1n) is 8.36. The van der Waals surface area contributed by atoms with Crippen molar-refractivity contribution < 1.29 is 9.53 Å². The first kappa shape index (κ1) is 17.2. The maximum Gasteiger partial charge on any atom is 0.410 e. The third-order valence-electron chi connectivity index (χ3n) is 4.56. The van der Waals surface area contributed by atoms with Gasteiger partial charge in [0.1, 0.15) is 5.60 Å². The van der Waals surface area contributed by atoms with Gasteiger partial charge in [0.05, 0.1) is 11.7 Å². The molecule has 2 saturated heterocycles. The highest BCUT2D eigenvalue weighted by molar-refractivity contribution is 6.29. The first-order valence-corrected chi connectivity index (χ1v) is 8.74. The number of halogens is 1. The molecule has 1 aromatic rings. The molecule has 24 heavy (non-hydrogen) atoms. The normalized spacial score (nSPS) is 24.0. The monoisotopic (exact) mass is 353 g/mol. The standard InChI is InChI=1S/C16H24ClN5O2/c1-10-13(17)19-20-14(18-10)22-8-6-11-5-7-21(9-12(11)22)15(23)24-16(2,3)4/h11-12H,5-9H2,1-4H3/t11-,12-/m0/s1. The van der Waals surface area contributed by atoms with E-state index in [4.69, 9.17) is 16.3 Å². The highest BCUT2D eigenvalue weighted by atomic mass is 35.5. The van der Waals surface area contributed by atoms with E-state index in [2.05, 4.69) is 20.1 Å². The van der Waals surface area contributed by atoms with E-state index in [1.807, 2.05) is 27.7 Å². The Labute approximate surface area is 147 Å². The molecule has 2 aliphatic heterocycles. The summed E-state index contributed by atoms with van der Waals surface area (Å²) in [6, 6.07) is 0.202. The Morgan fingerprint density at radius 1 is 1.25 bits per heavy atom. The molecule has 3 heterocycles. The van der Waals surface area contributed by atoms with Crippen LogP contribution in [0.3, 0.4) is 0 Å². The molecule has 2 fully saturated rings. The summed E-state index contributed by atoms with van der Waals surface area (Å²) in [5.74, 6) is 1.14. The third kappa shape index (κ3) is 3.55. The Morgan fingerprint density at radius 3 is 2.62 bits per heavy atom. The summed E-state index contributed by atoms with van der Waals surface area (Å²) in [6.45, 7) is 9.72. The lowest BCUT2D eigenvalue weighted by Crippen LogP contribution is -2.51. The quantitative estimate of drug-likeness (QED) is 0.773. The van der Waals surface area contributed by atoms with Crippen molar-refractivity contribution in [3.63, 3.8) is 0 Å². The summed E-state index contributed by atoms with van der Waals surface area (Å²) in [4.78, 5) is 20.8. The predicted molar refractivity (Wildman–Crippen MR) is 91.2 cm³/mol. The van der Waals surface area contributed by atoms with Crippen molar-refractivity contribution >= 4 is 23.6 Å². The molecule has 0 aromatic carbocycles. The maximum atomic E-state index is 12.4. The molecule has 0 aliphatic carbocycles. The second-order valence-corrected chi connectivity index (χ2v) is 7.87. The Hall–Kier alpha value is -1.63. The predicted octanol–water partition coefficient (Wildman–Crippen LogP) is 2.67. The molecule has 0 spiro atoms. The SMILES string of the molecule is Cc1nc(N2CC[C@@H]3CCN(C(=O)OC(C)(C)C)C[C@@H]32)nnc1Cl. The van der Waals surface area contributed by atoms with Gasteiger partial charge in [-0.3, -0.25) is 0 Å². The van der Waals surface area contributed by atoms with Gasteiger partial charge in [0.15, 0.2) is 5.15 Å². The first-order chi connectivity index (χ1) is 11.2. The van der Waals surface area contributed by atoms with Crippen molar-refractivity contribution in [3.05, 3.63) is 10.8 Å². The number of hydrogen-bond acceptors (Lipinski definition) is 6. The minimum atomic E-state index is -0.483. The van der Waals surface area contributed by atoms with Crippen LogP contribution in [0.15, 0.2) is 0 Å². The number of rotatable bonds is 1. The van der Waals surface area contributed by atoms with E-state index >= 15 is 0 Å². The van der Waals surface area contributed by atoms with E-state index in [9.17, 15) is 4.79 Å². The summed E-state index contributed by atoms with van der Waals surface area (Å²) < 4.78 is 5.51. The van der Waals surface area contributed by atoms with Gasteiger partial charge in [0.2, 0.25) is 5.95 Å². The molecule has 0 unspecified atom stereocenters. The molecule has 0 radical (unpaired) electrons. The number of nitrogens with zero attached hydrogens (tertiary/aromatic N) is 5. The molecule has 1 amide bonds. The van der Waals surface area contributed by atoms with Crippen LogP contribution >= 0.6 is 11.6 Å². The maximum absolute atomic E-state index is 12.4. The zero-order chi connectivity index (χ0) is 17.5. The van der Waals surface area contributed by atoms with Crippen molar-refractivity contribution in [1.29, 1.82) is 0 Å². The van der Waals surface area contributed by atoms with E-state index in [-0.39, 0.29) is 12.1 Å². The number of carbonyl (C=O) groups excluding carboxylic acids is 1. The smallest absolute Gasteiger partial charge is 0.410 e. The van der Waals surface area contributed by atoms with Crippen molar-refractivity contribution in [2.75, 3.05) is 24.5 Å². The van der Waals surface area contributed by atoms with Crippen molar-refractivity contribution in [2.45, 2.75) is 52.2 Å². The Bertz CT molecular complexity index is 633. The van der Waals surface area contributed by atoms with E-state index in [0.29, 0.717) is 29.3 Å². The fourth-order valence-electron chi connectivity index (χ4n) is 3.38. The van der Waals surface area contributed by atoms with Crippen molar-refractivity contribution in [1.82, 2.24) is 20.1 Å². The summed E-state index contributed by atoms with van der Waals surface area (Å²) in [6.07, 6.45) is 1.80. The number of aryl methyl sites for hydroxylation is 1. The average Bonchev–Trinajstić information content (AvgIpc) is 2.91. The van der Waals surface area contributed by atoms with Gasteiger partial charge in [-0.1, -0.05) is 11.6 Å². The zero-order valence-corrected chi connectivity index (χ0v) is 15.4. The highest BCUT2D eigenvalue weighted by Gasteiger charge is 2.41. The van der Waals surface area contributed by atoms with Crippen molar-refractivity contribution in [3.8, 4) is 0 Å². The second-order valence-electron chi connectivity index (χ2n) is 7.51. The molecule has 8 heteroatoms. The van der Waals surface area contributed by atoms with Crippen LogP contribution < -0.4 is 4.90 Å². The molecule has 1 aromatic heterocycles. The Kier molecular flexibility index (Phi) is 4.55. The van der Waals surface area contributed by atoms with Gasteiger partial charge in [-0.25, -0.2) is 9.78 Å². The second kappa shape index (κ2) is 6.35. The lowest BCUT2D eigenvalue weighted by molar-refractivity contribution is 0.0173. The lowest BCUT2D eigenvalue weighted by Gasteiger charge is -2.38. The summed E-state index contributed by atoms with van der Waals surface area (Å²) in [5.41, 5.74) is 0.189. The largest absolute Gasteiger partial charge is 0.444 e.